The lowest BCUT2D eigenvalue weighted by atomic mass is 9.99. The van der Waals surface area contributed by atoms with Crippen LogP contribution in [0.25, 0.3) is 0 Å². The Morgan fingerprint density at radius 3 is 2.53 bits per heavy atom. The second kappa shape index (κ2) is 5.32. The van der Waals surface area contributed by atoms with Crippen molar-refractivity contribution in [2.75, 3.05) is 0 Å². The minimum atomic E-state index is -0.497. The van der Waals surface area contributed by atoms with Gasteiger partial charge in [-0.1, -0.05) is 31.5 Å². The third-order valence-electron chi connectivity index (χ3n) is 2.09. The zero-order valence-corrected chi connectivity index (χ0v) is 10.7. The Morgan fingerprint density at radius 1 is 1.35 bits per heavy atom. The monoisotopic (exact) mass is 234 g/mol. The Morgan fingerprint density at radius 2 is 2.00 bits per heavy atom. The van der Waals surface area contributed by atoms with Crippen molar-refractivity contribution in [2.24, 2.45) is 5.41 Å². The van der Waals surface area contributed by atoms with Crippen molar-refractivity contribution in [1.29, 1.82) is 0 Å². The highest BCUT2D eigenvalue weighted by Crippen LogP contribution is 2.18. The van der Waals surface area contributed by atoms with E-state index in [9.17, 15) is 4.79 Å². The molecule has 0 N–H and O–H groups in total. The normalized spacial score (nSPS) is 11.4. The largest absolute Gasteiger partial charge is 0.373 e. The van der Waals surface area contributed by atoms with Gasteiger partial charge in [0.05, 0.1) is 5.56 Å². The Bertz CT molecular complexity index is 402. The summed E-state index contributed by atoms with van der Waals surface area (Å²) in [6, 6.07) is 5.51. The molecule has 0 saturated carbocycles. The first kappa shape index (κ1) is 13.7. The van der Waals surface area contributed by atoms with Crippen molar-refractivity contribution < 1.29 is 14.6 Å². The Labute approximate surface area is 103 Å². The van der Waals surface area contributed by atoms with Gasteiger partial charge >= 0.3 is 5.97 Å². The predicted octanol–water partition coefficient (Wildman–Crippen LogP) is 3.41. The summed E-state index contributed by atoms with van der Waals surface area (Å²) < 4.78 is 0. The molecule has 0 unspecified atom stereocenters. The lowest BCUT2D eigenvalue weighted by Gasteiger charge is -2.15. The van der Waals surface area contributed by atoms with Crippen molar-refractivity contribution in [3.05, 3.63) is 48.4 Å². The average molecular weight is 234 g/mol. The first-order valence-electron chi connectivity index (χ1n) is 5.44. The highest BCUT2D eigenvalue weighted by atomic mass is 17.2. The Hall–Kier alpha value is -1.35. The molecule has 0 bridgehead atoms. The summed E-state index contributed by atoms with van der Waals surface area (Å²) >= 11 is 0. The summed E-state index contributed by atoms with van der Waals surface area (Å²) in [6.07, 6.45) is 0. The molecule has 0 fully saturated rings. The Kier molecular flexibility index (Phi) is 4.29. The molecule has 0 aliphatic rings. The molecule has 2 radical (unpaired) electrons. The SMILES string of the molecule is [CH2]C(C)(C)[CH]OOC(=O)c1ccc(C)cc1C. The van der Waals surface area contributed by atoms with E-state index in [1.165, 1.54) is 6.61 Å². The molecule has 92 valence electrons. The fourth-order valence-corrected chi connectivity index (χ4v) is 1.29. The van der Waals surface area contributed by atoms with Crippen LogP contribution in [0.15, 0.2) is 18.2 Å². The molecule has 1 aromatic rings. The standard InChI is InChI=1S/C14H18O3/c1-10-6-7-12(11(2)8-10)13(15)17-16-9-14(3,4)5/h6-9H,3H2,1-2,4-5H3. The van der Waals surface area contributed by atoms with Crippen LogP contribution in [0.2, 0.25) is 0 Å². The summed E-state index contributed by atoms with van der Waals surface area (Å²) in [7, 11) is 0. The van der Waals surface area contributed by atoms with Gasteiger partial charge in [0.2, 0.25) is 0 Å². The van der Waals surface area contributed by atoms with Crippen molar-refractivity contribution >= 4 is 5.97 Å². The van der Waals surface area contributed by atoms with E-state index in [2.05, 4.69) is 6.92 Å². The molecule has 17 heavy (non-hydrogen) atoms. The molecule has 1 rings (SSSR count). The van der Waals surface area contributed by atoms with E-state index >= 15 is 0 Å². The quantitative estimate of drug-likeness (QED) is 0.591. The number of hydrogen-bond acceptors (Lipinski definition) is 3. The van der Waals surface area contributed by atoms with Crippen molar-refractivity contribution in [2.45, 2.75) is 27.7 Å². The maximum atomic E-state index is 11.7. The fourth-order valence-electron chi connectivity index (χ4n) is 1.29. The van der Waals surface area contributed by atoms with Gasteiger partial charge in [-0.2, -0.15) is 4.89 Å². The Balaban J connectivity index is 2.59. The van der Waals surface area contributed by atoms with Crippen LogP contribution in [0.3, 0.4) is 0 Å². The minimum absolute atomic E-state index is 0.400. The van der Waals surface area contributed by atoms with Crippen molar-refractivity contribution in [1.82, 2.24) is 0 Å². The molecule has 0 amide bonds. The second-order valence-corrected chi connectivity index (χ2v) is 4.89. The summed E-state index contributed by atoms with van der Waals surface area (Å²) in [5.74, 6) is -0.497. The van der Waals surface area contributed by atoms with E-state index in [0.29, 0.717) is 5.56 Å². The van der Waals surface area contributed by atoms with Crippen LogP contribution in [-0.4, -0.2) is 5.97 Å². The van der Waals surface area contributed by atoms with Crippen LogP contribution in [-0.2, 0) is 9.78 Å². The summed E-state index contributed by atoms with van der Waals surface area (Å²) in [5.41, 5.74) is 2.08. The zero-order chi connectivity index (χ0) is 13.1. The van der Waals surface area contributed by atoms with Crippen molar-refractivity contribution in [3.8, 4) is 0 Å². The molecule has 0 aromatic heterocycles. The summed E-state index contributed by atoms with van der Waals surface area (Å²) in [4.78, 5) is 21.1. The van der Waals surface area contributed by atoms with Gasteiger partial charge in [0, 0.05) is 0 Å². The second-order valence-electron chi connectivity index (χ2n) is 4.89. The predicted molar refractivity (Wildman–Crippen MR) is 65.9 cm³/mol. The maximum absolute atomic E-state index is 11.7. The van der Waals surface area contributed by atoms with E-state index in [1.807, 2.05) is 39.8 Å². The fraction of sp³-hybridized carbons (Fsp3) is 0.357. The van der Waals surface area contributed by atoms with Gasteiger partial charge in [-0.15, -0.1) is 0 Å². The minimum Gasteiger partial charge on any atom is -0.292 e. The topological polar surface area (TPSA) is 35.5 Å². The van der Waals surface area contributed by atoms with E-state index in [1.54, 1.807) is 6.07 Å². The third kappa shape index (κ3) is 4.57. The average Bonchev–Trinajstić information content (AvgIpc) is 2.15. The van der Waals surface area contributed by atoms with Gasteiger partial charge in [-0.05, 0) is 37.8 Å². The molecule has 0 aliphatic carbocycles. The first-order valence-corrected chi connectivity index (χ1v) is 5.44. The van der Waals surface area contributed by atoms with Gasteiger partial charge in [0.25, 0.3) is 0 Å². The molecule has 0 saturated heterocycles. The lowest BCUT2D eigenvalue weighted by molar-refractivity contribution is -0.222. The zero-order valence-electron chi connectivity index (χ0n) is 10.7. The van der Waals surface area contributed by atoms with Crippen molar-refractivity contribution in [3.63, 3.8) is 0 Å². The molecular formula is C14H18O3. The molecule has 0 heterocycles. The van der Waals surface area contributed by atoms with E-state index in [0.717, 1.165) is 11.1 Å². The van der Waals surface area contributed by atoms with Crippen LogP contribution >= 0.6 is 0 Å². The van der Waals surface area contributed by atoms with Crippen LogP contribution in [0.4, 0.5) is 0 Å². The van der Waals surface area contributed by atoms with E-state index in [-0.39, 0.29) is 0 Å². The highest BCUT2D eigenvalue weighted by molar-refractivity contribution is 5.90. The first-order chi connectivity index (χ1) is 7.79. The number of benzene rings is 1. The number of hydrogen-bond donors (Lipinski definition) is 0. The smallest absolute Gasteiger partial charge is 0.292 e. The molecule has 1 aromatic carbocycles. The summed E-state index contributed by atoms with van der Waals surface area (Å²) in [6.45, 7) is 12.7. The summed E-state index contributed by atoms with van der Waals surface area (Å²) in [5, 5.41) is 0. The molecule has 0 aliphatic heterocycles. The van der Waals surface area contributed by atoms with Crippen LogP contribution in [0.5, 0.6) is 0 Å². The number of aryl methyl sites for hydroxylation is 2. The molecule has 3 heteroatoms. The van der Waals surface area contributed by atoms with E-state index < -0.39 is 11.4 Å². The van der Waals surface area contributed by atoms with Gasteiger partial charge in [-0.25, -0.2) is 4.79 Å². The number of carbonyl (C=O) groups excluding carboxylic acids is 1. The van der Waals surface area contributed by atoms with Gasteiger partial charge < -0.3 is 0 Å². The van der Waals surface area contributed by atoms with Crippen LogP contribution in [0.1, 0.15) is 35.3 Å². The van der Waals surface area contributed by atoms with Crippen LogP contribution in [0, 0.1) is 32.8 Å². The van der Waals surface area contributed by atoms with Gasteiger partial charge in [0.15, 0.2) is 0 Å². The van der Waals surface area contributed by atoms with Crippen LogP contribution < -0.4 is 0 Å². The third-order valence-corrected chi connectivity index (χ3v) is 2.09. The molecule has 0 atom stereocenters. The van der Waals surface area contributed by atoms with E-state index in [4.69, 9.17) is 9.78 Å². The maximum Gasteiger partial charge on any atom is 0.373 e. The molecular weight excluding hydrogens is 216 g/mol. The lowest BCUT2D eigenvalue weighted by Crippen LogP contribution is -2.13. The highest BCUT2D eigenvalue weighted by Gasteiger charge is 2.16. The number of rotatable bonds is 4. The number of carbonyl (C=O) groups is 1. The molecule has 0 spiro atoms. The molecule has 3 nitrogen and oxygen atoms in total. The van der Waals surface area contributed by atoms with Gasteiger partial charge in [-0.3, -0.25) is 4.89 Å². The van der Waals surface area contributed by atoms with Gasteiger partial charge in [0.1, 0.15) is 6.61 Å².